The molecule has 1 aromatic heterocycles. The molecule has 204 valence electrons. The lowest BCUT2D eigenvalue weighted by molar-refractivity contribution is 0.291. The molecule has 0 saturated heterocycles. The molecule has 0 bridgehead atoms. The molecule has 39 heavy (non-hydrogen) atoms. The summed E-state index contributed by atoms with van der Waals surface area (Å²) in [6.07, 6.45) is 4.97. The second-order valence-electron chi connectivity index (χ2n) is 10.3. The van der Waals surface area contributed by atoms with E-state index in [1.165, 1.54) is 18.2 Å². The molecule has 1 saturated carbocycles. The molecule has 0 radical (unpaired) electrons. The molecular weight excluding hydrogens is 522 g/mol. The summed E-state index contributed by atoms with van der Waals surface area (Å²) in [5.74, 6) is 0.0853. The van der Waals surface area contributed by atoms with Crippen molar-refractivity contribution in [3.63, 3.8) is 0 Å². The van der Waals surface area contributed by atoms with Gasteiger partial charge in [-0.3, -0.25) is 0 Å². The molecule has 5 rings (SSSR count). The van der Waals surface area contributed by atoms with Crippen molar-refractivity contribution in [1.82, 2.24) is 9.71 Å². The number of hydrogen-bond donors (Lipinski definition) is 1. The number of ether oxygens (including phenoxy) is 1. The molecule has 6 nitrogen and oxygen atoms in total. The number of halogens is 2. The number of sulfonamides is 1. The van der Waals surface area contributed by atoms with E-state index in [0.717, 1.165) is 17.4 Å². The highest BCUT2D eigenvalue weighted by Gasteiger charge is 2.45. The minimum absolute atomic E-state index is 0.0197. The number of aryl methyl sites for hydroxylation is 1. The molecule has 1 N–H and O–H groups in total. The Balaban J connectivity index is 1.48. The minimum atomic E-state index is -3.39. The van der Waals surface area contributed by atoms with Crippen LogP contribution in [0.5, 0.6) is 5.75 Å². The maximum absolute atomic E-state index is 15.2. The van der Waals surface area contributed by atoms with Gasteiger partial charge in [-0.05, 0) is 61.9 Å². The quantitative estimate of drug-likeness (QED) is 0.272. The monoisotopic (exact) mass is 552 g/mol. The molecule has 1 aliphatic rings. The normalized spacial score (nSPS) is 19.3. The smallest absolute Gasteiger partial charge is 0.208 e. The number of oxazole rings is 1. The van der Waals surface area contributed by atoms with E-state index in [4.69, 9.17) is 9.15 Å². The van der Waals surface area contributed by atoms with Gasteiger partial charge in [-0.15, -0.1) is 0 Å². The van der Waals surface area contributed by atoms with Crippen LogP contribution in [-0.4, -0.2) is 25.7 Å². The van der Waals surface area contributed by atoms with Crippen molar-refractivity contribution >= 4 is 10.0 Å². The van der Waals surface area contributed by atoms with Crippen molar-refractivity contribution in [3.05, 3.63) is 107 Å². The molecular formula is C30H30F2N2O4S. The topological polar surface area (TPSA) is 81.4 Å². The average molecular weight is 553 g/mol. The molecule has 4 aromatic rings. The highest BCUT2D eigenvalue weighted by Crippen LogP contribution is 2.44. The molecule has 9 heteroatoms. The van der Waals surface area contributed by atoms with Gasteiger partial charge in [0.1, 0.15) is 18.2 Å². The summed E-state index contributed by atoms with van der Waals surface area (Å²) >= 11 is 0. The fourth-order valence-corrected chi connectivity index (χ4v) is 6.24. The molecule has 1 aliphatic carbocycles. The lowest BCUT2D eigenvalue weighted by atomic mass is 9.79. The van der Waals surface area contributed by atoms with E-state index in [2.05, 4.69) is 9.71 Å². The fourth-order valence-electron chi connectivity index (χ4n) is 5.44. The van der Waals surface area contributed by atoms with E-state index in [9.17, 15) is 12.8 Å². The van der Waals surface area contributed by atoms with Crippen molar-refractivity contribution in [3.8, 4) is 16.9 Å². The molecule has 1 heterocycles. The van der Waals surface area contributed by atoms with E-state index in [0.29, 0.717) is 42.9 Å². The first kappa shape index (κ1) is 27.0. The van der Waals surface area contributed by atoms with Crippen LogP contribution in [0.4, 0.5) is 8.78 Å². The number of hydrogen-bond acceptors (Lipinski definition) is 5. The van der Waals surface area contributed by atoms with Gasteiger partial charge in [0.15, 0.2) is 11.6 Å². The van der Waals surface area contributed by atoms with Crippen LogP contribution in [0.25, 0.3) is 11.1 Å². The van der Waals surface area contributed by atoms with Gasteiger partial charge in [0.2, 0.25) is 15.9 Å². The molecule has 1 fully saturated rings. The van der Waals surface area contributed by atoms with Crippen LogP contribution < -0.4 is 9.46 Å². The zero-order valence-corrected chi connectivity index (χ0v) is 22.6. The Morgan fingerprint density at radius 3 is 2.54 bits per heavy atom. The zero-order chi connectivity index (χ0) is 27.6. The van der Waals surface area contributed by atoms with Crippen LogP contribution in [0, 0.1) is 18.6 Å². The standard InChI is InChI=1S/C30H30F2N2O4S/c1-20-18-33-29(38-20)30(14-13-23(17-30)34-39(2,35)36)16-22-11-12-26(31)25(15-22)24-9-6-10-27(32)28(24)37-19-21-7-4-3-5-8-21/h3-12,15,18,23,34H,13-14,16-17,19H2,1-2H3/t23-,30+/m0/s1. The molecule has 0 aliphatic heterocycles. The van der Waals surface area contributed by atoms with E-state index >= 15 is 4.39 Å². The number of nitrogens with one attached hydrogen (secondary N) is 1. The number of rotatable bonds is 9. The molecule has 0 unspecified atom stereocenters. The lowest BCUT2D eigenvalue weighted by Gasteiger charge is -2.27. The Morgan fingerprint density at radius 1 is 1.03 bits per heavy atom. The summed E-state index contributed by atoms with van der Waals surface area (Å²) in [4.78, 5) is 4.49. The van der Waals surface area contributed by atoms with Crippen LogP contribution in [-0.2, 0) is 28.5 Å². The van der Waals surface area contributed by atoms with Gasteiger partial charge >= 0.3 is 0 Å². The van der Waals surface area contributed by atoms with Gasteiger partial charge in [0, 0.05) is 17.2 Å². The Labute approximate surface area is 227 Å². The van der Waals surface area contributed by atoms with Crippen molar-refractivity contribution in [2.75, 3.05) is 6.26 Å². The van der Waals surface area contributed by atoms with Crippen molar-refractivity contribution in [2.24, 2.45) is 0 Å². The first-order valence-corrected chi connectivity index (χ1v) is 14.7. The van der Waals surface area contributed by atoms with Crippen LogP contribution in [0.2, 0.25) is 0 Å². The SMILES string of the molecule is Cc1cnc([C@@]2(Cc3ccc(F)c(-c4cccc(F)c4OCc4ccccc4)c3)CC[C@H](NS(C)(=O)=O)C2)o1. The van der Waals surface area contributed by atoms with Gasteiger partial charge in [-0.1, -0.05) is 48.5 Å². The largest absolute Gasteiger partial charge is 0.485 e. The van der Waals surface area contributed by atoms with Gasteiger partial charge in [0.25, 0.3) is 0 Å². The van der Waals surface area contributed by atoms with E-state index < -0.39 is 27.1 Å². The number of para-hydroxylation sites is 1. The maximum Gasteiger partial charge on any atom is 0.208 e. The van der Waals surface area contributed by atoms with Crippen molar-refractivity contribution < 1.29 is 26.4 Å². The van der Waals surface area contributed by atoms with Gasteiger partial charge in [-0.2, -0.15) is 0 Å². The van der Waals surface area contributed by atoms with Crippen LogP contribution in [0.3, 0.4) is 0 Å². The van der Waals surface area contributed by atoms with Crippen LogP contribution >= 0.6 is 0 Å². The Kier molecular flexibility index (Phi) is 7.55. The first-order valence-electron chi connectivity index (χ1n) is 12.8. The van der Waals surface area contributed by atoms with Gasteiger partial charge < -0.3 is 9.15 Å². The molecule has 0 spiro atoms. The second-order valence-corrected chi connectivity index (χ2v) is 12.0. The van der Waals surface area contributed by atoms with Crippen LogP contribution in [0.1, 0.15) is 42.0 Å². The third-order valence-electron chi connectivity index (χ3n) is 7.12. The van der Waals surface area contributed by atoms with E-state index in [-0.39, 0.29) is 24.0 Å². The molecule has 2 atom stereocenters. The summed E-state index contributed by atoms with van der Waals surface area (Å²) in [7, 11) is -3.39. The summed E-state index contributed by atoms with van der Waals surface area (Å²) in [6, 6.07) is 18.3. The lowest BCUT2D eigenvalue weighted by Crippen LogP contribution is -2.35. The Morgan fingerprint density at radius 2 is 1.82 bits per heavy atom. The minimum Gasteiger partial charge on any atom is -0.485 e. The first-order chi connectivity index (χ1) is 18.6. The molecule has 0 amide bonds. The maximum atomic E-state index is 15.2. The third-order valence-corrected chi connectivity index (χ3v) is 7.88. The summed E-state index contributed by atoms with van der Waals surface area (Å²) in [5.41, 5.74) is 1.61. The average Bonchev–Trinajstić information content (AvgIpc) is 3.51. The highest BCUT2D eigenvalue weighted by atomic mass is 32.2. The summed E-state index contributed by atoms with van der Waals surface area (Å²) in [6.45, 7) is 1.94. The predicted octanol–water partition coefficient (Wildman–Crippen LogP) is 6.09. The van der Waals surface area contributed by atoms with E-state index in [1.54, 1.807) is 24.4 Å². The van der Waals surface area contributed by atoms with Crippen LogP contribution in [0.15, 0.2) is 77.3 Å². The number of benzene rings is 3. The third kappa shape index (κ3) is 6.20. The summed E-state index contributed by atoms with van der Waals surface area (Å²) < 4.78 is 68.5. The Hall–Kier alpha value is -3.56. The number of aromatic nitrogens is 1. The zero-order valence-electron chi connectivity index (χ0n) is 21.8. The van der Waals surface area contributed by atoms with Gasteiger partial charge in [0.05, 0.1) is 17.9 Å². The second kappa shape index (κ2) is 10.9. The number of nitrogens with zero attached hydrogens (tertiary/aromatic N) is 1. The van der Waals surface area contributed by atoms with Crippen molar-refractivity contribution in [1.29, 1.82) is 0 Å². The highest BCUT2D eigenvalue weighted by molar-refractivity contribution is 7.88. The van der Waals surface area contributed by atoms with Gasteiger partial charge in [-0.25, -0.2) is 26.9 Å². The fraction of sp³-hybridized carbons (Fsp3) is 0.300. The predicted molar refractivity (Wildman–Crippen MR) is 145 cm³/mol. The van der Waals surface area contributed by atoms with Crippen molar-refractivity contribution in [2.45, 2.75) is 50.7 Å². The van der Waals surface area contributed by atoms with E-state index in [1.807, 2.05) is 37.3 Å². The Bertz CT molecular complexity index is 1570. The summed E-state index contributed by atoms with van der Waals surface area (Å²) in [5, 5.41) is 0. The molecule has 3 aromatic carbocycles.